The van der Waals surface area contributed by atoms with Gasteiger partial charge < -0.3 is 0 Å². The van der Waals surface area contributed by atoms with Gasteiger partial charge in [0.2, 0.25) is 0 Å². The molecule has 0 aliphatic carbocycles. The number of hydrazine groups is 1. The van der Waals surface area contributed by atoms with Gasteiger partial charge in [0.05, 0.1) is 16.8 Å². The Balaban J connectivity index is 2.09. The van der Waals surface area contributed by atoms with Crippen molar-refractivity contribution in [2.75, 3.05) is 0 Å². The number of amides is 1. The Morgan fingerprint density at radius 2 is 2.05 bits per heavy atom. The molecule has 21 heavy (non-hydrogen) atoms. The average molecular weight is 295 g/mol. The van der Waals surface area contributed by atoms with Crippen LogP contribution in [-0.4, -0.2) is 10.9 Å². The number of aromatic nitrogens is 1. The third-order valence-corrected chi connectivity index (χ3v) is 3.91. The van der Waals surface area contributed by atoms with Crippen LogP contribution < -0.4 is 11.3 Å². The lowest BCUT2D eigenvalue weighted by molar-refractivity contribution is 0.0955. The summed E-state index contributed by atoms with van der Waals surface area (Å²) in [6, 6.07) is 13.3. The van der Waals surface area contributed by atoms with Crippen LogP contribution in [0.15, 0.2) is 47.8 Å². The number of nitrogens with one attached hydrogen (secondary N) is 1. The van der Waals surface area contributed by atoms with Crippen LogP contribution in [0, 0.1) is 0 Å². The number of fused-ring (bicyclic) bond motifs is 1. The number of benzene rings is 1. The molecule has 104 valence electrons. The van der Waals surface area contributed by atoms with Gasteiger partial charge in [-0.05, 0) is 35.7 Å². The number of hydrogen-bond donors (Lipinski definition) is 2. The summed E-state index contributed by atoms with van der Waals surface area (Å²) in [6.45, 7) is 0. The Labute approximate surface area is 125 Å². The summed E-state index contributed by atoms with van der Waals surface area (Å²) in [7, 11) is 0. The van der Waals surface area contributed by atoms with Crippen LogP contribution in [0.3, 0.4) is 0 Å². The summed E-state index contributed by atoms with van der Waals surface area (Å²) in [4.78, 5) is 17.6. The number of thiophene rings is 1. The quantitative estimate of drug-likeness (QED) is 0.443. The standard InChI is InChI=1S/C16H13N3OS/c17-19-16(20)14-10-11(7-8-12-4-3-9-21-12)18-15-6-2-1-5-13(14)15/h1-10H,17H2,(H,19,20). The molecule has 3 rings (SSSR count). The molecule has 4 nitrogen and oxygen atoms in total. The van der Waals surface area contributed by atoms with Crippen LogP contribution >= 0.6 is 11.3 Å². The van der Waals surface area contributed by atoms with E-state index in [9.17, 15) is 4.79 Å². The Morgan fingerprint density at radius 1 is 1.19 bits per heavy atom. The van der Waals surface area contributed by atoms with E-state index in [1.165, 1.54) is 0 Å². The largest absolute Gasteiger partial charge is 0.290 e. The molecule has 0 fully saturated rings. The lowest BCUT2D eigenvalue weighted by Crippen LogP contribution is -2.30. The maximum atomic E-state index is 11.9. The second-order valence-corrected chi connectivity index (χ2v) is 5.41. The molecule has 0 aliphatic heterocycles. The Hall–Kier alpha value is -2.50. The van der Waals surface area contributed by atoms with Gasteiger partial charge in [-0.3, -0.25) is 10.2 Å². The number of para-hydroxylation sites is 1. The zero-order valence-electron chi connectivity index (χ0n) is 11.1. The fraction of sp³-hybridized carbons (Fsp3) is 0. The molecule has 0 spiro atoms. The van der Waals surface area contributed by atoms with Crippen molar-refractivity contribution in [3.8, 4) is 0 Å². The number of nitrogen functional groups attached to an aromatic ring is 1. The average Bonchev–Trinajstić information content (AvgIpc) is 3.04. The van der Waals surface area contributed by atoms with E-state index in [0.717, 1.165) is 21.5 Å². The van der Waals surface area contributed by atoms with Crippen molar-refractivity contribution in [3.63, 3.8) is 0 Å². The van der Waals surface area contributed by atoms with Crippen LogP contribution in [0.25, 0.3) is 23.1 Å². The van der Waals surface area contributed by atoms with Crippen molar-refractivity contribution in [2.24, 2.45) is 5.84 Å². The highest BCUT2D eigenvalue weighted by Gasteiger charge is 2.10. The minimum atomic E-state index is -0.320. The second-order valence-electron chi connectivity index (χ2n) is 4.43. The maximum absolute atomic E-state index is 11.9. The molecule has 3 aromatic rings. The predicted molar refractivity (Wildman–Crippen MR) is 86.6 cm³/mol. The van der Waals surface area contributed by atoms with Crippen molar-refractivity contribution < 1.29 is 4.79 Å². The van der Waals surface area contributed by atoms with Crippen molar-refractivity contribution in [2.45, 2.75) is 0 Å². The fourth-order valence-corrected chi connectivity index (χ4v) is 2.72. The predicted octanol–water partition coefficient (Wildman–Crippen LogP) is 3.07. The van der Waals surface area contributed by atoms with E-state index in [0.29, 0.717) is 5.56 Å². The first-order chi connectivity index (χ1) is 10.3. The van der Waals surface area contributed by atoms with E-state index < -0.39 is 0 Å². The summed E-state index contributed by atoms with van der Waals surface area (Å²) >= 11 is 1.65. The third-order valence-electron chi connectivity index (χ3n) is 3.07. The lowest BCUT2D eigenvalue weighted by Gasteiger charge is -2.06. The number of carbonyl (C=O) groups is 1. The van der Waals surface area contributed by atoms with Crippen LogP contribution in [-0.2, 0) is 0 Å². The van der Waals surface area contributed by atoms with E-state index in [1.54, 1.807) is 17.4 Å². The molecule has 1 amide bonds. The van der Waals surface area contributed by atoms with E-state index in [1.807, 2.05) is 53.9 Å². The molecular formula is C16H13N3OS. The molecule has 0 saturated carbocycles. The van der Waals surface area contributed by atoms with Gasteiger partial charge in [0.25, 0.3) is 5.91 Å². The molecule has 2 heterocycles. The van der Waals surface area contributed by atoms with Crippen molar-refractivity contribution in [1.29, 1.82) is 0 Å². The van der Waals surface area contributed by atoms with Gasteiger partial charge in [-0.1, -0.05) is 24.3 Å². The van der Waals surface area contributed by atoms with Gasteiger partial charge in [0, 0.05) is 10.3 Å². The van der Waals surface area contributed by atoms with E-state index in [4.69, 9.17) is 5.84 Å². The van der Waals surface area contributed by atoms with E-state index in [2.05, 4.69) is 10.4 Å². The van der Waals surface area contributed by atoms with Crippen LogP contribution in [0.5, 0.6) is 0 Å². The van der Waals surface area contributed by atoms with E-state index in [-0.39, 0.29) is 5.91 Å². The topological polar surface area (TPSA) is 68.0 Å². The molecule has 1 aromatic carbocycles. The first kappa shape index (κ1) is 13.5. The number of nitrogens with two attached hydrogens (primary N) is 1. The van der Waals surface area contributed by atoms with Gasteiger partial charge in [-0.2, -0.15) is 0 Å². The van der Waals surface area contributed by atoms with Crippen molar-refractivity contribution >= 4 is 40.3 Å². The Bertz CT molecular complexity index is 810. The van der Waals surface area contributed by atoms with E-state index >= 15 is 0 Å². The maximum Gasteiger partial charge on any atom is 0.265 e. The van der Waals surface area contributed by atoms with Gasteiger partial charge in [0.1, 0.15) is 0 Å². The highest BCUT2D eigenvalue weighted by molar-refractivity contribution is 7.10. The molecule has 0 aliphatic rings. The minimum Gasteiger partial charge on any atom is -0.290 e. The Kier molecular flexibility index (Phi) is 3.77. The van der Waals surface area contributed by atoms with Gasteiger partial charge in [0.15, 0.2) is 0 Å². The lowest BCUT2D eigenvalue weighted by atomic mass is 10.1. The van der Waals surface area contributed by atoms with Gasteiger partial charge >= 0.3 is 0 Å². The highest BCUT2D eigenvalue weighted by atomic mass is 32.1. The van der Waals surface area contributed by atoms with Crippen LogP contribution in [0.4, 0.5) is 0 Å². The van der Waals surface area contributed by atoms with Gasteiger partial charge in [-0.15, -0.1) is 11.3 Å². The molecular weight excluding hydrogens is 282 g/mol. The summed E-state index contributed by atoms with van der Waals surface area (Å²) in [5.74, 6) is 4.94. The third kappa shape index (κ3) is 2.84. The highest BCUT2D eigenvalue weighted by Crippen LogP contribution is 2.20. The number of carbonyl (C=O) groups excluding carboxylic acids is 1. The molecule has 0 unspecified atom stereocenters. The zero-order valence-corrected chi connectivity index (χ0v) is 11.9. The fourth-order valence-electron chi connectivity index (χ4n) is 2.10. The van der Waals surface area contributed by atoms with Crippen molar-refractivity contribution in [3.05, 3.63) is 64.0 Å². The van der Waals surface area contributed by atoms with Crippen LogP contribution in [0.2, 0.25) is 0 Å². The summed E-state index contributed by atoms with van der Waals surface area (Å²) in [6.07, 6.45) is 3.87. The second kappa shape index (κ2) is 5.87. The molecule has 0 bridgehead atoms. The molecule has 2 aromatic heterocycles. The number of pyridine rings is 1. The zero-order chi connectivity index (χ0) is 14.7. The molecule has 0 saturated heterocycles. The SMILES string of the molecule is NNC(=O)c1cc(C=Cc2cccs2)nc2ccccc12. The normalized spacial score (nSPS) is 11.1. The molecule has 5 heteroatoms. The van der Waals surface area contributed by atoms with Crippen LogP contribution in [0.1, 0.15) is 20.9 Å². The molecule has 0 atom stereocenters. The summed E-state index contributed by atoms with van der Waals surface area (Å²) in [5, 5.41) is 2.80. The molecule has 0 radical (unpaired) electrons. The number of nitrogens with zero attached hydrogens (tertiary/aromatic N) is 1. The van der Waals surface area contributed by atoms with Crippen molar-refractivity contribution in [1.82, 2.24) is 10.4 Å². The summed E-state index contributed by atoms with van der Waals surface area (Å²) < 4.78 is 0. The Morgan fingerprint density at radius 3 is 2.81 bits per heavy atom. The first-order valence-corrected chi connectivity index (χ1v) is 7.28. The summed E-state index contributed by atoms with van der Waals surface area (Å²) in [5.41, 5.74) is 4.19. The van der Waals surface area contributed by atoms with Gasteiger partial charge in [-0.25, -0.2) is 10.8 Å². The number of hydrogen-bond acceptors (Lipinski definition) is 4. The smallest absolute Gasteiger partial charge is 0.265 e. The first-order valence-electron chi connectivity index (χ1n) is 6.40. The molecule has 3 N–H and O–H groups in total. The minimum absolute atomic E-state index is 0.320. The number of rotatable bonds is 3. The monoisotopic (exact) mass is 295 g/mol.